The molecule has 0 radical (unpaired) electrons. The number of nitro groups is 1. The lowest BCUT2D eigenvalue weighted by Gasteiger charge is -2.22. The summed E-state index contributed by atoms with van der Waals surface area (Å²) in [6.45, 7) is 3.45. The molecule has 0 aliphatic carbocycles. The number of aromatic nitrogens is 1. The number of fused-ring (bicyclic) bond motifs is 1. The smallest absolute Gasteiger partial charge is 0.338 e. The van der Waals surface area contributed by atoms with Gasteiger partial charge in [-0.1, -0.05) is 11.3 Å². The monoisotopic (exact) mass is 484 g/mol. The Morgan fingerprint density at radius 1 is 1.41 bits per heavy atom. The van der Waals surface area contributed by atoms with E-state index in [9.17, 15) is 24.8 Å². The van der Waals surface area contributed by atoms with Crippen LogP contribution in [-0.2, 0) is 9.53 Å². The van der Waals surface area contributed by atoms with Crippen LogP contribution in [0.25, 0.3) is 6.08 Å². The number of furan rings is 1. The molecule has 12 heteroatoms. The van der Waals surface area contributed by atoms with Crippen LogP contribution in [0.3, 0.4) is 0 Å². The van der Waals surface area contributed by atoms with E-state index in [-0.39, 0.29) is 28.0 Å². The van der Waals surface area contributed by atoms with Crippen molar-refractivity contribution in [1.82, 2.24) is 4.57 Å². The predicted octanol–water partition coefficient (Wildman–Crippen LogP) is 1.38. The number of hydrogen-bond acceptors (Lipinski definition) is 10. The lowest BCUT2D eigenvalue weighted by atomic mass is 10.0. The number of hydrogen-bond donors (Lipinski definition) is 0. The number of methoxy groups -OCH3 is 1. The second kappa shape index (κ2) is 8.98. The highest BCUT2D eigenvalue weighted by Gasteiger charge is 2.35. The number of ether oxygens (including phenoxy) is 2. The van der Waals surface area contributed by atoms with Gasteiger partial charge in [0, 0.05) is 11.8 Å². The third-order valence-electron chi connectivity index (χ3n) is 5.10. The van der Waals surface area contributed by atoms with Crippen LogP contribution in [0.1, 0.15) is 31.2 Å². The Morgan fingerprint density at radius 3 is 2.79 bits per heavy atom. The van der Waals surface area contributed by atoms with Crippen molar-refractivity contribution in [1.29, 1.82) is 0 Å². The third kappa shape index (κ3) is 3.88. The average Bonchev–Trinajstić information content (AvgIpc) is 3.42. The van der Waals surface area contributed by atoms with Crippen LogP contribution in [0.5, 0.6) is 11.5 Å². The van der Waals surface area contributed by atoms with Crippen LogP contribution >= 0.6 is 11.3 Å². The zero-order valence-corrected chi connectivity index (χ0v) is 19.1. The third-order valence-corrected chi connectivity index (χ3v) is 6.08. The van der Waals surface area contributed by atoms with Crippen molar-refractivity contribution in [3.8, 4) is 11.5 Å². The number of nitro benzene ring substituents is 1. The van der Waals surface area contributed by atoms with Crippen LogP contribution < -0.4 is 24.7 Å². The van der Waals surface area contributed by atoms with Gasteiger partial charge in [-0.05, 0) is 43.7 Å². The van der Waals surface area contributed by atoms with Gasteiger partial charge in [0.2, 0.25) is 0 Å². The Hall–Kier alpha value is -4.19. The largest absolute Gasteiger partial charge is 0.865 e. The molecule has 34 heavy (non-hydrogen) atoms. The van der Waals surface area contributed by atoms with Gasteiger partial charge in [0.15, 0.2) is 4.80 Å². The van der Waals surface area contributed by atoms with E-state index in [0.29, 0.717) is 16.3 Å². The molecule has 0 saturated heterocycles. The molecule has 0 amide bonds. The van der Waals surface area contributed by atoms with Crippen LogP contribution in [0.4, 0.5) is 5.69 Å². The fraction of sp³-hybridized carbons (Fsp3) is 0.227. The second-order valence-electron chi connectivity index (χ2n) is 7.15. The van der Waals surface area contributed by atoms with Crippen molar-refractivity contribution in [3.63, 3.8) is 0 Å². The Balaban J connectivity index is 1.94. The van der Waals surface area contributed by atoms with E-state index in [1.54, 1.807) is 26.0 Å². The molecule has 0 unspecified atom stereocenters. The molecule has 3 heterocycles. The highest BCUT2D eigenvalue weighted by molar-refractivity contribution is 7.07. The molecule has 1 aliphatic rings. The van der Waals surface area contributed by atoms with Gasteiger partial charge in [-0.15, -0.1) is 0 Å². The zero-order valence-electron chi connectivity index (χ0n) is 18.3. The van der Waals surface area contributed by atoms with Gasteiger partial charge in [0.1, 0.15) is 17.6 Å². The molecule has 11 nitrogen and oxygen atoms in total. The first kappa shape index (κ1) is 23.0. The van der Waals surface area contributed by atoms with E-state index in [1.807, 2.05) is 0 Å². The van der Waals surface area contributed by atoms with Crippen LogP contribution in [0, 0.1) is 10.1 Å². The van der Waals surface area contributed by atoms with Crippen molar-refractivity contribution in [3.05, 3.63) is 82.9 Å². The Labute approximate surface area is 195 Å². The minimum Gasteiger partial charge on any atom is -0.865 e. The van der Waals surface area contributed by atoms with Crippen LogP contribution in [0.2, 0.25) is 0 Å². The second-order valence-corrected chi connectivity index (χ2v) is 8.16. The van der Waals surface area contributed by atoms with Gasteiger partial charge < -0.3 is 19.0 Å². The van der Waals surface area contributed by atoms with Crippen molar-refractivity contribution < 1.29 is 28.7 Å². The molecule has 1 aromatic carbocycles. The summed E-state index contributed by atoms with van der Waals surface area (Å²) in [5.41, 5.74) is -0.395. The molecular formula is C22H18N3O8S-. The lowest BCUT2D eigenvalue weighted by Crippen LogP contribution is -2.39. The maximum absolute atomic E-state index is 13.4. The Morgan fingerprint density at radius 2 is 2.18 bits per heavy atom. The molecule has 176 valence electrons. The van der Waals surface area contributed by atoms with Gasteiger partial charge in [-0.3, -0.25) is 19.5 Å². The molecule has 1 atom stereocenters. The first-order valence-corrected chi connectivity index (χ1v) is 10.8. The summed E-state index contributed by atoms with van der Waals surface area (Å²) >= 11 is 1.03. The molecule has 0 fully saturated rings. The Kier molecular flexibility index (Phi) is 6.07. The highest BCUT2D eigenvalue weighted by Crippen LogP contribution is 2.35. The maximum Gasteiger partial charge on any atom is 0.338 e. The Bertz CT molecular complexity index is 1500. The first-order chi connectivity index (χ1) is 16.3. The molecular weight excluding hydrogens is 466 g/mol. The zero-order chi connectivity index (χ0) is 24.6. The molecule has 0 N–H and O–H groups in total. The highest BCUT2D eigenvalue weighted by atomic mass is 32.1. The SMILES string of the molecule is CCOC(=O)C1=C(C)N=c2s/c(=C/c3cc(OC)c([O-])c([N+](=O)[O-])c3)c(=O)n2[C@@H]1c1ccco1. The summed E-state index contributed by atoms with van der Waals surface area (Å²) in [4.78, 5) is 41.4. The van der Waals surface area contributed by atoms with Gasteiger partial charge in [-0.25, -0.2) is 9.79 Å². The number of esters is 1. The minimum absolute atomic E-state index is 0.140. The van der Waals surface area contributed by atoms with Crippen molar-refractivity contribution >= 4 is 29.1 Å². The van der Waals surface area contributed by atoms with E-state index >= 15 is 0 Å². The topological polar surface area (TPSA) is 149 Å². The number of thiazole rings is 1. The number of nitrogens with zero attached hydrogens (tertiary/aromatic N) is 3. The fourth-order valence-electron chi connectivity index (χ4n) is 3.64. The molecule has 2 aromatic heterocycles. The number of rotatable bonds is 6. The number of allylic oxidation sites excluding steroid dienone is 1. The van der Waals surface area contributed by atoms with E-state index in [2.05, 4.69) is 4.99 Å². The summed E-state index contributed by atoms with van der Waals surface area (Å²) in [6.07, 6.45) is 2.83. The minimum atomic E-state index is -0.902. The average molecular weight is 484 g/mol. The van der Waals surface area contributed by atoms with Crippen molar-refractivity contribution in [2.75, 3.05) is 13.7 Å². The molecule has 3 aromatic rings. The summed E-state index contributed by atoms with van der Waals surface area (Å²) in [6, 6.07) is 4.76. The summed E-state index contributed by atoms with van der Waals surface area (Å²) in [5.74, 6) is -1.36. The standard InChI is InChI=1S/C22H19N3O8S/c1-4-32-21(28)17-11(2)23-22-24(18(17)14-6-5-7-33-14)20(27)16(34-22)10-12-8-13(25(29)30)19(26)15(9-12)31-3/h5-10,18,26H,4H2,1-3H3/p-1/b16-10+/t18-/m1/s1. The normalized spacial score (nSPS) is 15.6. The van der Waals surface area contributed by atoms with E-state index in [0.717, 1.165) is 17.4 Å². The number of benzene rings is 1. The fourth-order valence-corrected chi connectivity index (χ4v) is 4.68. The molecule has 0 bridgehead atoms. The van der Waals surface area contributed by atoms with Gasteiger partial charge in [-0.2, -0.15) is 0 Å². The van der Waals surface area contributed by atoms with Crippen molar-refractivity contribution in [2.24, 2.45) is 4.99 Å². The quantitative estimate of drug-likeness (QED) is 0.289. The van der Waals surface area contributed by atoms with Crippen molar-refractivity contribution in [2.45, 2.75) is 19.9 Å². The van der Waals surface area contributed by atoms with E-state index in [1.165, 1.54) is 30.1 Å². The maximum atomic E-state index is 13.4. The summed E-state index contributed by atoms with van der Waals surface area (Å²) in [7, 11) is 1.22. The summed E-state index contributed by atoms with van der Waals surface area (Å²) < 4.78 is 17.2. The van der Waals surface area contributed by atoms with Gasteiger partial charge in [0.05, 0.1) is 40.7 Å². The van der Waals surface area contributed by atoms with E-state index in [4.69, 9.17) is 13.9 Å². The number of carbonyl (C=O) groups is 1. The lowest BCUT2D eigenvalue weighted by molar-refractivity contribution is -0.398. The molecule has 1 aliphatic heterocycles. The van der Waals surface area contributed by atoms with Crippen LogP contribution in [-0.4, -0.2) is 29.2 Å². The summed E-state index contributed by atoms with van der Waals surface area (Å²) in [5, 5.41) is 23.4. The molecule has 0 spiro atoms. The van der Waals surface area contributed by atoms with Crippen LogP contribution in [0.15, 0.2) is 56.0 Å². The van der Waals surface area contributed by atoms with Gasteiger partial charge in [0.25, 0.3) is 11.2 Å². The molecule has 4 rings (SSSR count). The molecule has 0 saturated carbocycles. The van der Waals surface area contributed by atoms with Gasteiger partial charge >= 0.3 is 5.97 Å². The predicted molar refractivity (Wildman–Crippen MR) is 118 cm³/mol. The van der Waals surface area contributed by atoms with E-state index < -0.39 is 33.9 Å². The number of carbonyl (C=O) groups excluding carboxylic acids is 1. The first-order valence-electron chi connectivity index (χ1n) is 10.0.